The zero-order valence-corrected chi connectivity index (χ0v) is 44.6. The van der Waals surface area contributed by atoms with Crippen molar-refractivity contribution in [1.29, 1.82) is 0 Å². The summed E-state index contributed by atoms with van der Waals surface area (Å²) in [4.78, 5) is 10.7. The summed E-state index contributed by atoms with van der Waals surface area (Å²) >= 11 is 1.60. The molecule has 0 amide bonds. The van der Waals surface area contributed by atoms with Gasteiger partial charge in [0.05, 0.1) is 53.7 Å². The number of phenols is 1. The number of hydrogen-bond acceptors (Lipinski definition) is 20. The van der Waals surface area contributed by atoms with Crippen molar-refractivity contribution in [3.8, 4) is 28.7 Å². The van der Waals surface area contributed by atoms with Gasteiger partial charge in [-0.15, -0.1) is 0 Å². The van der Waals surface area contributed by atoms with Gasteiger partial charge in [0.1, 0.15) is 57.9 Å². The number of aromatic hydroxyl groups is 1. The smallest absolute Gasteiger partial charge is 0.271 e. The van der Waals surface area contributed by atoms with Crippen LogP contribution in [0.2, 0.25) is 0 Å². The molecule has 2 saturated heterocycles. The highest BCUT2D eigenvalue weighted by Gasteiger charge is 2.34. The second-order valence-electron chi connectivity index (χ2n) is 16.2. The fraction of sp³-hybridized carbons (Fsp3) is 0.391. The van der Waals surface area contributed by atoms with Crippen molar-refractivity contribution in [2.75, 3.05) is 103 Å². The average molecular weight is 1130 g/mol. The van der Waals surface area contributed by atoms with Gasteiger partial charge in [-0.2, -0.15) is 8.75 Å². The molecule has 4 heterocycles. The van der Waals surface area contributed by atoms with E-state index in [1.807, 2.05) is 17.9 Å². The lowest BCUT2D eigenvalue weighted by Crippen LogP contribution is -2.36. The minimum Gasteiger partial charge on any atom is -0.508 e. The van der Waals surface area contributed by atoms with Crippen LogP contribution in [0.25, 0.3) is 0 Å². The van der Waals surface area contributed by atoms with E-state index in [0.29, 0.717) is 111 Å². The number of anilines is 2. The molecule has 2 aromatic heterocycles. The molecule has 6 aromatic rings. The SMILES string of the molecule is COCN(c1nc(CN2CCOCC2)ns1)S(=O)(=O)c1cc(F)c(F)cc1F.COCN(c1nc(CN2CCOCC2)ns1)S(=O)(=O)c1cc(F)c(Oc2cc(C)cc(OC)c2)cc1F.COc1cc(C)cc(O)c1. The van der Waals surface area contributed by atoms with Crippen molar-refractivity contribution in [3.63, 3.8) is 0 Å². The summed E-state index contributed by atoms with van der Waals surface area (Å²) in [5, 5.41) is 8.94. The molecule has 8 rings (SSSR count). The number of phenolic OH excluding ortho intramolecular Hbond substituents is 1. The maximum absolute atomic E-state index is 15.1. The van der Waals surface area contributed by atoms with Gasteiger partial charge in [-0.3, -0.25) is 9.80 Å². The Morgan fingerprint density at radius 2 is 1.00 bits per heavy atom. The molecule has 29 heteroatoms. The number of ether oxygens (including phenoxy) is 7. The highest BCUT2D eigenvalue weighted by molar-refractivity contribution is 7.93. The molecule has 2 aliphatic heterocycles. The molecule has 0 atom stereocenters. The fourth-order valence-corrected chi connectivity index (χ4v) is 11.5. The van der Waals surface area contributed by atoms with Crippen LogP contribution in [0, 0.1) is 42.9 Å². The van der Waals surface area contributed by atoms with E-state index in [1.165, 1.54) is 27.4 Å². The van der Waals surface area contributed by atoms with Crippen molar-refractivity contribution in [1.82, 2.24) is 28.5 Å². The van der Waals surface area contributed by atoms with Crippen LogP contribution in [0.1, 0.15) is 22.8 Å². The van der Waals surface area contributed by atoms with Gasteiger partial charge in [0.25, 0.3) is 20.0 Å². The van der Waals surface area contributed by atoms with E-state index >= 15 is 4.39 Å². The van der Waals surface area contributed by atoms with Crippen molar-refractivity contribution in [3.05, 3.63) is 113 Å². The van der Waals surface area contributed by atoms with Crippen LogP contribution in [0.5, 0.6) is 28.7 Å². The topological polar surface area (TPSA) is 218 Å². The minimum atomic E-state index is -4.60. The molecule has 0 bridgehead atoms. The Morgan fingerprint density at radius 1 is 0.573 bits per heavy atom. The van der Waals surface area contributed by atoms with E-state index in [0.717, 1.165) is 38.5 Å². The van der Waals surface area contributed by atoms with Crippen molar-refractivity contribution >= 4 is 53.4 Å². The number of methoxy groups -OCH3 is 4. The van der Waals surface area contributed by atoms with Crippen LogP contribution in [-0.2, 0) is 52.1 Å². The Bertz CT molecular complexity index is 3070. The van der Waals surface area contributed by atoms with Crippen LogP contribution < -0.4 is 22.8 Å². The van der Waals surface area contributed by atoms with Crippen molar-refractivity contribution in [2.45, 2.75) is 36.7 Å². The van der Waals surface area contributed by atoms with Crippen LogP contribution >= 0.6 is 23.1 Å². The summed E-state index contributed by atoms with van der Waals surface area (Å²) in [6, 6.07) is 11.7. The summed E-state index contributed by atoms with van der Waals surface area (Å²) in [5.74, 6) is -4.74. The van der Waals surface area contributed by atoms with Gasteiger partial charge >= 0.3 is 0 Å². The maximum Gasteiger partial charge on any atom is 0.271 e. The van der Waals surface area contributed by atoms with E-state index in [1.54, 1.807) is 38.3 Å². The molecule has 20 nitrogen and oxygen atoms in total. The van der Waals surface area contributed by atoms with Gasteiger partial charge in [-0.05, 0) is 49.2 Å². The van der Waals surface area contributed by atoms with E-state index in [-0.39, 0.29) is 27.8 Å². The van der Waals surface area contributed by atoms with Gasteiger partial charge in [0.15, 0.2) is 34.8 Å². The maximum atomic E-state index is 15.1. The van der Waals surface area contributed by atoms with Crippen LogP contribution in [0.4, 0.5) is 32.2 Å². The first-order valence-corrected chi connectivity index (χ1v) is 26.8. The molecular weight excluding hydrogens is 1080 g/mol. The molecule has 4 aromatic carbocycles. The summed E-state index contributed by atoms with van der Waals surface area (Å²) in [7, 11) is -3.65. The number of benzene rings is 4. The lowest BCUT2D eigenvalue weighted by molar-refractivity contribution is 0.0331. The zero-order valence-electron chi connectivity index (χ0n) is 41.3. The van der Waals surface area contributed by atoms with E-state index in [9.17, 15) is 34.4 Å². The molecule has 408 valence electrons. The molecule has 0 radical (unpaired) electrons. The predicted octanol–water partition coefficient (Wildman–Crippen LogP) is 6.85. The predicted molar refractivity (Wildman–Crippen MR) is 265 cm³/mol. The number of aromatic nitrogens is 4. The van der Waals surface area contributed by atoms with Gasteiger partial charge in [-0.25, -0.2) is 57.4 Å². The third-order valence-electron chi connectivity index (χ3n) is 10.6. The zero-order chi connectivity index (χ0) is 54.5. The first-order valence-electron chi connectivity index (χ1n) is 22.4. The van der Waals surface area contributed by atoms with Crippen LogP contribution in [-0.4, -0.2) is 145 Å². The molecule has 0 aliphatic carbocycles. The molecule has 0 spiro atoms. The Balaban J connectivity index is 0.000000211. The number of hydrogen-bond donors (Lipinski definition) is 1. The van der Waals surface area contributed by atoms with E-state index in [4.69, 9.17) is 38.3 Å². The molecule has 2 fully saturated rings. The lowest BCUT2D eigenvalue weighted by Gasteiger charge is -2.25. The van der Waals surface area contributed by atoms with Gasteiger partial charge in [0.2, 0.25) is 10.3 Å². The number of halogens is 5. The van der Waals surface area contributed by atoms with Gasteiger partial charge in [0, 0.05) is 99.9 Å². The largest absolute Gasteiger partial charge is 0.508 e. The molecule has 2 aliphatic rings. The molecule has 1 N–H and O–H groups in total. The Hall–Kier alpha value is -5.89. The molecule has 0 unspecified atom stereocenters. The number of sulfonamides is 2. The normalized spacial score (nSPS) is 14.3. The summed E-state index contributed by atoms with van der Waals surface area (Å²) in [6.07, 6.45) is 0. The monoisotopic (exact) mass is 1130 g/mol. The molecule has 0 saturated carbocycles. The first kappa shape index (κ1) is 58.4. The van der Waals surface area contributed by atoms with Crippen LogP contribution in [0.3, 0.4) is 0 Å². The summed E-state index contributed by atoms with van der Waals surface area (Å²) in [5.41, 5.74) is 1.77. The fourth-order valence-electron chi connectivity index (χ4n) is 7.02. The average Bonchev–Trinajstić information content (AvgIpc) is 4.04. The Kier molecular flexibility index (Phi) is 20.8. The third-order valence-corrected chi connectivity index (χ3v) is 15.9. The molecule has 75 heavy (non-hydrogen) atoms. The number of morpholine rings is 2. The summed E-state index contributed by atoms with van der Waals surface area (Å²) in [6.45, 7) is 8.60. The lowest BCUT2D eigenvalue weighted by atomic mass is 10.2. The van der Waals surface area contributed by atoms with Gasteiger partial charge in [-0.1, -0.05) is 0 Å². The standard InChI is InChI=1S/C23H26F2N4O6S2.C15H17F3N4O4S2.C8H10O2/c1-15-8-16(33-3)10-17(9-15)35-20-11-19(25)21(12-18(20)24)37(30,31)29(14-32-2)23-26-22(27-36-23)13-28-4-6-34-7-5-28;1-25-9-22(28(23,24)13-7-11(17)10(16)6-12(13)18)15-19-14(20-27-15)8-21-2-4-26-5-3-21;1-6-3-7(9)5-8(4-6)10-2/h8-12H,4-7,13-14H2,1-3H3;6-7H,2-5,8-9H2,1H3;3-5,9H,1-2H3. The number of rotatable bonds is 18. The second kappa shape index (κ2) is 26.7. The van der Waals surface area contributed by atoms with Crippen molar-refractivity contribution in [2.24, 2.45) is 0 Å². The number of aryl methyl sites for hydroxylation is 2. The van der Waals surface area contributed by atoms with E-state index in [2.05, 4.69) is 23.6 Å². The Morgan fingerprint density at radius 3 is 1.47 bits per heavy atom. The molecular formula is C46H53F5N8O12S4. The highest BCUT2D eigenvalue weighted by Crippen LogP contribution is 2.35. The third kappa shape index (κ3) is 15.6. The first-order chi connectivity index (χ1) is 35.7. The quantitative estimate of drug-likeness (QED) is 0.0528. The Labute approximate surface area is 438 Å². The summed E-state index contributed by atoms with van der Waals surface area (Å²) < 4.78 is 169. The van der Waals surface area contributed by atoms with Crippen molar-refractivity contribution < 1.29 is 77.1 Å². The minimum absolute atomic E-state index is 0.0305. The second-order valence-corrected chi connectivity index (χ2v) is 21.3. The number of nitrogens with zero attached hydrogens (tertiary/aromatic N) is 8. The van der Waals surface area contributed by atoms with Gasteiger partial charge < -0.3 is 38.3 Å². The van der Waals surface area contributed by atoms with Crippen LogP contribution in [0.15, 0.2) is 70.5 Å². The highest BCUT2D eigenvalue weighted by atomic mass is 32.2. The van der Waals surface area contributed by atoms with E-state index < -0.39 is 78.1 Å².